The molecule has 0 bridgehead atoms. The highest BCUT2D eigenvalue weighted by molar-refractivity contribution is 5.78. The molecule has 2 aliphatic heterocycles. The number of benzene rings is 2. The van der Waals surface area contributed by atoms with Crippen molar-refractivity contribution in [2.45, 2.75) is 38.6 Å². The topological polar surface area (TPSA) is 50.8 Å². The quantitative estimate of drug-likeness (QED) is 0.813. The summed E-state index contributed by atoms with van der Waals surface area (Å²) in [6.45, 7) is 5.56. The first-order valence-electron chi connectivity index (χ1n) is 10.7. The lowest BCUT2D eigenvalue weighted by Gasteiger charge is -2.25. The van der Waals surface area contributed by atoms with Crippen molar-refractivity contribution in [3.63, 3.8) is 0 Å². The van der Waals surface area contributed by atoms with Crippen LogP contribution in [0.5, 0.6) is 11.5 Å². The molecule has 5 nitrogen and oxygen atoms in total. The molecular weight excluding hydrogens is 364 g/mol. The average Bonchev–Trinajstić information content (AvgIpc) is 3.04. The molecule has 1 saturated heterocycles. The molecule has 1 fully saturated rings. The van der Waals surface area contributed by atoms with Gasteiger partial charge < -0.3 is 14.8 Å². The lowest BCUT2D eigenvalue weighted by Crippen LogP contribution is -2.37. The Morgan fingerprint density at radius 2 is 1.93 bits per heavy atom. The maximum absolute atomic E-state index is 12.5. The Kier molecular flexibility index (Phi) is 6.35. The second-order valence-electron chi connectivity index (χ2n) is 7.91. The molecule has 2 aliphatic rings. The predicted molar refractivity (Wildman–Crippen MR) is 113 cm³/mol. The number of nitrogens with zero attached hydrogens (tertiary/aromatic N) is 1. The third-order valence-electron chi connectivity index (χ3n) is 5.84. The number of ether oxygens (including phenoxy) is 2. The van der Waals surface area contributed by atoms with Gasteiger partial charge in [-0.1, -0.05) is 30.3 Å². The fourth-order valence-corrected chi connectivity index (χ4v) is 4.25. The SMILES string of the molecule is Cc1ccccc1CCNC(=O)CN1CCC[C@H]1c1ccc2c(c1)OCCCO2. The zero-order valence-corrected chi connectivity index (χ0v) is 17.2. The molecule has 1 atom stereocenters. The number of aryl methyl sites for hydroxylation is 1. The van der Waals surface area contributed by atoms with Gasteiger partial charge in [-0.05, 0) is 61.6 Å². The molecule has 2 aromatic carbocycles. The molecule has 1 amide bonds. The van der Waals surface area contributed by atoms with Gasteiger partial charge in [-0.25, -0.2) is 0 Å². The molecule has 29 heavy (non-hydrogen) atoms. The van der Waals surface area contributed by atoms with Crippen molar-refractivity contribution in [2.24, 2.45) is 0 Å². The van der Waals surface area contributed by atoms with Crippen LogP contribution in [0, 0.1) is 6.92 Å². The summed E-state index contributed by atoms with van der Waals surface area (Å²) in [5.41, 5.74) is 3.77. The Bertz CT molecular complexity index is 852. The first-order valence-corrected chi connectivity index (χ1v) is 10.7. The number of likely N-dealkylation sites (tertiary alicyclic amines) is 1. The van der Waals surface area contributed by atoms with E-state index in [2.05, 4.69) is 41.4 Å². The summed E-state index contributed by atoms with van der Waals surface area (Å²) in [5.74, 6) is 1.75. The fourth-order valence-electron chi connectivity index (χ4n) is 4.25. The number of carbonyl (C=O) groups excluding carboxylic acids is 1. The van der Waals surface area contributed by atoms with E-state index < -0.39 is 0 Å². The standard InChI is InChI=1S/C24H30N2O3/c1-18-6-2-3-7-19(18)11-12-25-24(27)17-26-13-4-8-21(26)20-9-10-22-23(16-20)29-15-5-14-28-22/h2-3,6-7,9-10,16,21H,4-5,8,11-15,17H2,1H3,(H,25,27)/t21-/m0/s1. The van der Waals surface area contributed by atoms with E-state index in [9.17, 15) is 4.79 Å². The first-order chi connectivity index (χ1) is 14.2. The molecule has 2 aromatic rings. The molecule has 0 aliphatic carbocycles. The molecule has 2 heterocycles. The molecule has 0 saturated carbocycles. The molecule has 0 radical (unpaired) electrons. The number of hydrogen-bond acceptors (Lipinski definition) is 4. The summed E-state index contributed by atoms with van der Waals surface area (Å²) in [6, 6.07) is 14.8. The van der Waals surface area contributed by atoms with Crippen molar-refractivity contribution in [1.82, 2.24) is 10.2 Å². The van der Waals surface area contributed by atoms with Crippen molar-refractivity contribution < 1.29 is 14.3 Å². The number of carbonyl (C=O) groups is 1. The zero-order chi connectivity index (χ0) is 20.1. The van der Waals surface area contributed by atoms with E-state index in [4.69, 9.17) is 9.47 Å². The van der Waals surface area contributed by atoms with Crippen molar-refractivity contribution in [2.75, 3.05) is 32.8 Å². The van der Waals surface area contributed by atoms with Crippen LogP contribution in [-0.4, -0.2) is 43.7 Å². The Morgan fingerprint density at radius 3 is 2.79 bits per heavy atom. The van der Waals surface area contributed by atoms with E-state index in [0.29, 0.717) is 26.3 Å². The van der Waals surface area contributed by atoms with Crippen molar-refractivity contribution in [3.05, 3.63) is 59.2 Å². The van der Waals surface area contributed by atoms with Crippen LogP contribution in [0.2, 0.25) is 0 Å². The summed E-state index contributed by atoms with van der Waals surface area (Å²) in [6.07, 6.45) is 3.94. The van der Waals surface area contributed by atoms with Gasteiger partial charge in [0, 0.05) is 19.0 Å². The Morgan fingerprint density at radius 1 is 1.10 bits per heavy atom. The van der Waals surface area contributed by atoms with Crippen LogP contribution in [-0.2, 0) is 11.2 Å². The van der Waals surface area contributed by atoms with Crippen LogP contribution < -0.4 is 14.8 Å². The molecule has 4 rings (SSSR count). The number of nitrogens with one attached hydrogen (secondary N) is 1. The summed E-state index contributed by atoms with van der Waals surface area (Å²) in [5, 5.41) is 3.09. The van der Waals surface area contributed by atoms with Gasteiger partial charge in [0.1, 0.15) is 0 Å². The maximum atomic E-state index is 12.5. The van der Waals surface area contributed by atoms with Gasteiger partial charge in [0.15, 0.2) is 11.5 Å². The van der Waals surface area contributed by atoms with E-state index in [1.165, 1.54) is 16.7 Å². The highest BCUT2D eigenvalue weighted by Crippen LogP contribution is 2.37. The van der Waals surface area contributed by atoms with Crippen molar-refractivity contribution >= 4 is 5.91 Å². The lowest BCUT2D eigenvalue weighted by molar-refractivity contribution is -0.122. The second-order valence-corrected chi connectivity index (χ2v) is 7.91. The summed E-state index contributed by atoms with van der Waals surface area (Å²) < 4.78 is 11.6. The smallest absolute Gasteiger partial charge is 0.234 e. The predicted octanol–water partition coefficient (Wildman–Crippen LogP) is 3.65. The summed E-state index contributed by atoms with van der Waals surface area (Å²) in [4.78, 5) is 14.8. The molecule has 0 unspecified atom stereocenters. The Balaban J connectivity index is 1.33. The monoisotopic (exact) mass is 394 g/mol. The van der Waals surface area contributed by atoms with Gasteiger partial charge in [0.25, 0.3) is 0 Å². The highest BCUT2D eigenvalue weighted by Gasteiger charge is 2.28. The van der Waals surface area contributed by atoms with Gasteiger partial charge in [0.05, 0.1) is 19.8 Å². The molecule has 0 aromatic heterocycles. The van der Waals surface area contributed by atoms with Gasteiger partial charge in [-0.2, -0.15) is 0 Å². The lowest BCUT2D eigenvalue weighted by atomic mass is 10.0. The van der Waals surface area contributed by atoms with Crippen LogP contribution in [0.4, 0.5) is 0 Å². The molecule has 0 spiro atoms. The molecule has 5 heteroatoms. The van der Waals surface area contributed by atoms with Crippen LogP contribution in [0.1, 0.15) is 42.0 Å². The van der Waals surface area contributed by atoms with Crippen molar-refractivity contribution in [1.29, 1.82) is 0 Å². The first kappa shape index (κ1) is 19.8. The number of rotatable bonds is 6. The molecular formula is C24H30N2O3. The minimum Gasteiger partial charge on any atom is -0.490 e. The average molecular weight is 395 g/mol. The van der Waals surface area contributed by atoms with Crippen LogP contribution in [0.15, 0.2) is 42.5 Å². The van der Waals surface area contributed by atoms with E-state index in [1.807, 2.05) is 18.2 Å². The number of amides is 1. The summed E-state index contributed by atoms with van der Waals surface area (Å²) in [7, 11) is 0. The van der Waals surface area contributed by atoms with Gasteiger partial charge in [0.2, 0.25) is 5.91 Å². The largest absolute Gasteiger partial charge is 0.490 e. The van der Waals surface area contributed by atoms with E-state index in [-0.39, 0.29) is 11.9 Å². The molecule has 154 valence electrons. The molecule has 1 N–H and O–H groups in total. The fraction of sp³-hybridized carbons (Fsp3) is 0.458. The number of fused-ring (bicyclic) bond motifs is 1. The third-order valence-corrected chi connectivity index (χ3v) is 5.84. The van der Waals surface area contributed by atoms with Crippen LogP contribution >= 0.6 is 0 Å². The van der Waals surface area contributed by atoms with Crippen LogP contribution in [0.25, 0.3) is 0 Å². The van der Waals surface area contributed by atoms with Gasteiger partial charge in [-0.15, -0.1) is 0 Å². The van der Waals surface area contributed by atoms with Gasteiger partial charge >= 0.3 is 0 Å². The van der Waals surface area contributed by atoms with E-state index >= 15 is 0 Å². The normalized spacial score (nSPS) is 19.0. The van der Waals surface area contributed by atoms with E-state index in [0.717, 1.165) is 43.7 Å². The third kappa shape index (κ3) is 4.91. The van der Waals surface area contributed by atoms with Gasteiger partial charge in [-0.3, -0.25) is 9.69 Å². The Hall–Kier alpha value is -2.53. The minimum atomic E-state index is 0.0971. The summed E-state index contributed by atoms with van der Waals surface area (Å²) >= 11 is 0. The minimum absolute atomic E-state index is 0.0971. The zero-order valence-electron chi connectivity index (χ0n) is 17.2. The highest BCUT2D eigenvalue weighted by atomic mass is 16.5. The van der Waals surface area contributed by atoms with Crippen molar-refractivity contribution in [3.8, 4) is 11.5 Å². The maximum Gasteiger partial charge on any atom is 0.234 e. The second kappa shape index (κ2) is 9.31. The Labute approximate surface area is 173 Å². The van der Waals surface area contributed by atoms with Crippen LogP contribution in [0.3, 0.4) is 0 Å². The number of hydrogen-bond donors (Lipinski definition) is 1. The van der Waals surface area contributed by atoms with E-state index in [1.54, 1.807) is 0 Å².